The summed E-state index contributed by atoms with van der Waals surface area (Å²) in [4.78, 5) is 29.0. The Morgan fingerprint density at radius 3 is 2.44 bits per heavy atom. The maximum Gasteiger partial charge on any atom is 0.363 e. The third-order valence-electron chi connectivity index (χ3n) is 4.92. The van der Waals surface area contributed by atoms with E-state index in [1.165, 1.54) is 0 Å². The van der Waals surface area contributed by atoms with Crippen LogP contribution in [0.2, 0.25) is 0 Å². The smallest absolute Gasteiger partial charge is 0.363 e. The molecule has 0 amide bonds. The summed E-state index contributed by atoms with van der Waals surface area (Å²) in [5, 5.41) is 0. The summed E-state index contributed by atoms with van der Waals surface area (Å²) >= 11 is 0. The van der Waals surface area contributed by atoms with Crippen molar-refractivity contribution in [3.05, 3.63) is 107 Å². The number of carbonyl (C=O) groups excluding carboxylic acids is 2. The van der Waals surface area contributed by atoms with E-state index in [2.05, 4.69) is 4.99 Å². The Hall–Kier alpha value is -4.45. The Kier molecular flexibility index (Phi) is 6.98. The van der Waals surface area contributed by atoms with Crippen molar-refractivity contribution >= 4 is 30.0 Å². The van der Waals surface area contributed by atoms with Crippen molar-refractivity contribution in [3.8, 4) is 11.5 Å². The minimum absolute atomic E-state index is 0.166. The minimum Gasteiger partial charge on any atom is -0.490 e. The maximum atomic E-state index is 12.5. The van der Waals surface area contributed by atoms with Gasteiger partial charge in [0.05, 0.1) is 12.2 Å². The molecule has 0 N–H and O–H groups in total. The van der Waals surface area contributed by atoms with Crippen LogP contribution in [0.3, 0.4) is 0 Å². The number of hydrogen-bond donors (Lipinski definition) is 0. The zero-order chi connectivity index (χ0) is 23.9. The highest BCUT2D eigenvalue weighted by Gasteiger charge is 2.21. The molecule has 1 aliphatic heterocycles. The lowest BCUT2D eigenvalue weighted by Gasteiger charge is -2.11. The lowest BCUT2D eigenvalue weighted by Crippen LogP contribution is -2.09. The van der Waals surface area contributed by atoms with Gasteiger partial charge in [-0.2, -0.15) is 0 Å². The number of ether oxygens (including phenoxy) is 3. The van der Waals surface area contributed by atoms with Gasteiger partial charge in [0, 0.05) is 6.08 Å². The second kappa shape index (κ2) is 10.4. The van der Waals surface area contributed by atoms with Gasteiger partial charge in [-0.05, 0) is 61.4 Å². The molecule has 4 rings (SSSR count). The first-order valence-corrected chi connectivity index (χ1v) is 10.8. The number of aryl methyl sites for hydroxylation is 1. The molecule has 0 bridgehead atoms. The Labute approximate surface area is 197 Å². The topological polar surface area (TPSA) is 74.2 Å². The van der Waals surface area contributed by atoms with Crippen molar-refractivity contribution in [3.63, 3.8) is 0 Å². The fourth-order valence-electron chi connectivity index (χ4n) is 3.20. The highest BCUT2D eigenvalue weighted by atomic mass is 16.6. The molecule has 3 aromatic rings. The molecule has 6 nitrogen and oxygen atoms in total. The van der Waals surface area contributed by atoms with Crippen LogP contribution in [0.15, 0.2) is 89.6 Å². The Morgan fingerprint density at radius 1 is 0.941 bits per heavy atom. The average Bonchev–Trinajstić information content (AvgIpc) is 3.19. The van der Waals surface area contributed by atoms with Crippen molar-refractivity contribution < 1.29 is 23.8 Å². The average molecular weight is 453 g/mol. The van der Waals surface area contributed by atoms with Gasteiger partial charge in [-0.25, -0.2) is 14.6 Å². The Balaban J connectivity index is 1.53. The minimum atomic E-state index is -0.541. The van der Waals surface area contributed by atoms with Crippen LogP contribution < -0.4 is 9.47 Å². The van der Waals surface area contributed by atoms with E-state index in [0.29, 0.717) is 29.2 Å². The molecule has 0 saturated heterocycles. The van der Waals surface area contributed by atoms with Gasteiger partial charge in [0.1, 0.15) is 0 Å². The molecule has 0 unspecified atom stereocenters. The number of rotatable bonds is 7. The largest absolute Gasteiger partial charge is 0.490 e. The van der Waals surface area contributed by atoms with Crippen LogP contribution in [-0.2, 0) is 9.53 Å². The summed E-state index contributed by atoms with van der Waals surface area (Å²) in [7, 11) is 0. The number of esters is 2. The highest BCUT2D eigenvalue weighted by Crippen LogP contribution is 2.31. The third-order valence-corrected chi connectivity index (χ3v) is 4.92. The fraction of sp³-hybridized carbons (Fsp3) is 0.107. The molecule has 6 heteroatoms. The summed E-state index contributed by atoms with van der Waals surface area (Å²) < 4.78 is 16.4. The lowest BCUT2D eigenvalue weighted by atomic mass is 10.1. The van der Waals surface area contributed by atoms with Gasteiger partial charge in [0.15, 0.2) is 17.2 Å². The lowest BCUT2D eigenvalue weighted by molar-refractivity contribution is -0.129. The normalized spacial score (nSPS) is 14.2. The van der Waals surface area contributed by atoms with Gasteiger partial charge in [-0.15, -0.1) is 0 Å². The van der Waals surface area contributed by atoms with Crippen LogP contribution in [0.5, 0.6) is 11.5 Å². The fourth-order valence-corrected chi connectivity index (χ4v) is 3.20. The highest BCUT2D eigenvalue weighted by molar-refractivity contribution is 6.11. The SMILES string of the molecule is CCOc1cc(/C=C2N=C(/C=C/c3ccccc3)OC/2=O)ccc1OC(=O)c1ccc(C)cc1. The van der Waals surface area contributed by atoms with Crippen LogP contribution in [0.25, 0.3) is 12.2 Å². The number of hydrogen-bond acceptors (Lipinski definition) is 6. The number of aliphatic imine (C=N–C) groups is 1. The molecule has 3 aromatic carbocycles. The predicted octanol–water partition coefficient (Wildman–Crippen LogP) is 5.62. The zero-order valence-electron chi connectivity index (χ0n) is 18.9. The number of cyclic esters (lactones) is 1. The first kappa shape index (κ1) is 22.7. The number of nitrogens with zero attached hydrogens (tertiary/aromatic N) is 1. The van der Waals surface area contributed by atoms with Crippen LogP contribution >= 0.6 is 0 Å². The molecular weight excluding hydrogens is 430 g/mol. The van der Waals surface area contributed by atoms with E-state index >= 15 is 0 Å². The summed E-state index contributed by atoms with van der Waals surface area (Å²) in [6, 6.07) is 21.8. The molecule has 0 atom stereocenters. The second-order valence-corrected chi connectivity index (χ2v) is 7.51. The van der Waals surface area contributed by atoms with Crippen LogP contribution in [-0.4, -0.2) is 24.4 Å². The molecule has 170 valence electrons. The molecule has 0 radical (unpaired) electrons. The Morgan fingerprint density at radius 2 is 1.71 bits per heavy atom. The number of carbonyl (C=O) groups is 2. The van der Waals surface area contributed by atoms with E-state index in [0.717, 1.165) is 11.1 Å². The van der Waals surface area contributed by atoms with E-state index in [-0.39, 0.29) is 11.6 Å². The monoisotopic (exact) mass is 453 g/mol. The van der Waals surface area contributed by atoms with E-state index < -0.39 is 11.9 Å². The van der Waals surface area contributed by atoms with E-state index in [1.54, 1.807) is 42.5 Å². The molecule has 1 heterocycles. The molecular formula is C28H23NO5. The summed E-state index contributed by atoms with van der Waals surface area (Å²) in [5.74, 6) is -0.129. The quantitative estimate of drug-likeness (QED) is 0.264. The molecule has 0 saturated carbocycles. The molecule has 0 aromatic heterocycles. The zero-order valence-corrected chi connectivity index (χ0v) is 18.9. The first-order chi connectivity index (χ1) is 16.5. The van der Waals surface area contributed by atoms with Crippen molar-refractivity contribution in [2.24, 2.45) is 4.99 Å². The first-order valence-electron chi connectivity index (χ1n) is 10.8. The van der Waals surface area contributed by atoms with Crippen LogP contribution in [0.1, 0.15) is 34.0 Å². The van der Waals surface area contributed by atoms with Gasteiger partial charge in [-0.1, -0.05) is 54.1 Å². The van der Waals surface area contributed by atoms with Gasteiger partial charge in [0.2, 0.25) is 5.90 Å². The van der Waals surface area contributed by atoms with Crippen molar-refractivity contribution in [2.45, 2.75) is 13.8 Å². The third kappa shape index (κ3) is 5.66. The predicted molar refractivity (Wildman–Crippen MR) is 131 cm³/mol. The second-order valence-electron chi connectivity index (χ2n) is 7.51. The summed E-state index contributed by atoms with van der Waals surface area (Å²) in [5.41, 5.74) is 3.28. The molecule has 34 heavy (non-hydrogen) atoms. The molecule has 0 spiro atoms. The van der Waals surface area contributed by atoms with Gasteiger partial charge < -0.3 is 14.2 Å². The van der Waals surface area contributed by atoms with Crippen molar-refractivity contribution in [1.82, 2.24) is 0 Å². The van der Waals surface area contributed by atoms with Gasteiger partial charge >= 0.3 is 11.9 Å². The van der Waals surface area contributed by atoms with E-state index in [1.807, 2.05) is 62.4 Å². The molecule has 0 aliphatic carbocycles. The number of benzene rings is 3. The molecule has 1 aliphatic rings. The van der Waals surface area contributed by atoms with E-state index in [4.69, 9.17) is 14.2 Å². The molecule has 0 fully saturated rings. The summed E-state index contributed by atoms with van der Waals surface area (Å²) in [6.07, 6.45) is 5.06. The Bertz CT molecular complexity index is 1290. The standard InChI is InChI=1S/C28H23NO5/c1-3-32-25-18-21(11-15-24(25)33-27(30)22-13-9-19(2)10-14-22)17-23-28(31)34-26(29-23)16-12-20-7-5-4-6-8-20/h4-18H,3H2,1-2H3/b16-12+,23-17+. The summed E-state index contributed by atoms with van der Waals surface area (Å²) in [6.45, 7) is 4.16. The van der Waals surface area contributed by atoms with Crippen LogP contribution in [0, 0.1) is 6.92 Å². The van der Waals surface area contributed by atoms with Gasteiger partial charge in [0.25, 0.3) is 0 Å². The van der Waals surface area contributed by atoms with Gasteiger partial charge in [-0.3, -0.25) is 0 Å². The van der Waals surface area contributed by atoms with E-state index in [9.17, 15) is 9.59 Å². The van der Waals surface area contributed by atoms with Crippen LogP contribution in [0.4, 0.5) is 0 Å². The van der Waals surface area contributed by atoms with Crippen molar-refractivity contribution in [2.75, 3.05) is 6.61 Å². The maximum absolute atomic E-state index is 12.5. The van der Waals surface area contributed by atoms with Crippen molar-refractivity contribution in [1.29, 1.82) is 0 Å².